The molecule has 0 spiro atoms. The largest absolute Gasteiger partial charge is 0.207 e. The number of fused-ring (bicyclic) bond motifs is 1. The lowest BCUT2D eigenvalue weighted by molar-refractivity contribution is 0.618. The van der Waals surface area contributed by atoms with E-state index in [0.717, 1.165) is 10.8 Å². The van der Waals surface area contributed by atoms with E-state index in [1.807, 2.05) is 30.3 Å². The molecule has 0 saturated heterocycles. The topological polar surface area (TPSA) is 23.8 Å². The van der Waals surface area contributed by atoms with Gasteiger partial charge in [-0.05, 0) is 16.8 Å². The molecule has 0 amide bonds. The summed E-state index contributed by atoms with van der Waals surface area (Å²) in [6.07, 6.45) is 0.118. The van der Waals surface area contributed by atoms with Gasteiger partial charge in [0.2, 0.25) is 0 Å². The maximum Gasteiger partial charge on any atom is 0.128 e. The van der Waals surface area contributed by atoms with Crippen molar-refractivity contribution in [3.63, 3.8) is 0 Å². The summed E-state index contributed by atoms with van der Waals surface area (Å²) >= 11 is 0. The molecule has 0 aromatic heterocycles. The Hall–Kier alpha value is -1.88. The molecule has 2 aromatic carbocycles. The first-order valence-corrected chi connectivity index (χ1v) is 4.36. The summed E-state index contributed by atoms with van der Waals surface area (Å²) in [7, 11) is 0. The van der Waals surface area contributed by atoms with Gasteiger partial charge in [0.25, 0.3) is 0 Å². The van der Waals surface area contributed by atoms with Crippen molar-refractivity contribution in [1.82, 2.24) is 0 Å². The Kier molecular flexibility index (Phi) is 2.16. The number of halogens is 1. The van der Waals surface area contributed by atoms with Crippen molar-refractivity contribution in [1.29, 1.82) is 5.26 Å². The molecule has 2 rings (SSSR count). The molecule has 1 nitrogen and oxygen atoms in total. The fourth-order valence-electron chi connectivity index (χ4n) is 1.57. The van der Waals surface area contributed by atoms with Crippen LogP contribution in [0.1, 0.15) is 5.56 Å². The third-order valence-corrected chi connectivity index (χ3v) is 2.24. The van der Waals surface area contributed by atoms with E-state index in [1.165, 1.54) is 6.07 Å². The lowest BCUT2D eigenvalue weighted by Gasteiger charge is -2.03. The van der Waals surface area contributed by atoms with Gasteiger partial charge in [0.15, 0.2) is 0 Å². The fraction of sp³-hybridized carbons (Fsp3) is 0.0833. The number of hydrogen-bond donors (Lipinski definition) is 0. The van der Waals surface area contributed by atoms with E-state index in [9.17, 15) is 4.39 Å². The first-order valence-electron chi connectivity index (χ1n) is 4.36. The average molecular weight is 185 g/mol. The maximum atomic E-state index is 13.4. The number of rotatable bonds is 1. The first kappa shape index (κ1) is 8.71. The van der Waals surface area contributed by atoms with Crippen molar-refractivity contribution in [2.45, 2.75) is 6.42 Å². The zero-order chi connectivity index (χ0) is 9.97. The summed E-state index contributed by atoms with van der Waals surface area (Å²) in [6, 6.07) is 12.6. The van der Waals surface area contributed by atoms with Crippen molar-refractivity contribution >= 4 is 10.8 Å². The highest BCUT2D eigenvalue weighted by Crippen LogP contribution is 2.21. The highest BCUT2D eigenvalue weighted by molar-refractivity contribution is 5.86. The first-order chi connectivity index (χ1) is 6.83. The van der Waals surface area contributed by atoms with Crippen molar-refractivity contribution in [3.8, 4) is 6.07 Å². The van der Waals surface area contributed by atoms with Crippen molar-refractivity contribution < 1.29 is 4.39 Å². The highest BCUT2D eigenvalue weighted by atomic mass is 19.1. The SMILES string of the molecule is N#CCc1c(F)ccc2ccccc12. The molecule has 0 aliphatic carbocycles. The molecule has 0 radical (unpaired) electrons. The Labute approximate surface area is 81.4 Å². The van der Waals surface area contributed by atoms with Crippen LogP contribution in [0.25, 0.3) is 10.8 Å². The van der Waals surface area contributed by atoms with E-state index in [0.29, 0.717) is 5.56 Å². The zero-order valence-corrected chi connectivity index (χ0v) is 7.50. The molecule has 0 bridgehead atoms. The summed E-state index contributed by atoms with van der Waals surface area (Å²) in [4.78, 5) is 0. The van der Waals surface area contributed by atoms with Crippen molar-refractivity contribution in [2.75, 3.05) is 0 Å². The molecule has 0 heterocycles. The standard InChI is InChI=1S/C12H8FN/c13-12-6-5-9-3-1-2-4-10(9)11(12)7-8-14/h1-6H,7H2. The summed E-state index contributed by atoms with van der Waals surface area (Å²) < 4.78 is 13.4. The second-order valence-corrected chi connectivity index (χ2v) is 3.08. The van der Waals surface area contributed by atoms with Gasteiger partial charge in [-0.1, -0.05) is 30.3 Å². The Morgan fingerprint density at radius 1 is 1.14 bits per heavy atom. The van der Waals surface area contributed by atoms with Gasteiger partial charge in [0.1, 0.15) is 5.82 Å². The predicted octanol–water partition coefficient (Wildman–Crippen LogP) is 3.04. The normalized spacial score (nSPS) is 10.0. The van der Waals surface area contributed by atoms with E-state index >= 15 is 0 Å². The van der Waals surface area contributed by atoms with E-state index in [-0.39, 0.29) is 12.2 Å². The number of hydrogen-bond acceptors (Lipinski definition) is 1. The summed E-state index contributed by atoms with van der Waals surface area (Å²) in [5, 5.41) is 10.4. The maximum absolute atomic E-state index is 13.4. The van der Waals surface area contributed by atoms with Crippen LogP contribution in [-0.4, -0.2) is 0 Å². The van der Waals surface area contributed by atoms with E-state index < -0.39 is 0 Å². The lowest BCUT2D eigenvalue weighted by Crippen LogP contribution is -1.90. The van der Waals surface area contributed by atoms with E-state index in [1.54, 1.807) is 6.07 Å². The molecule has 68 valence electrons. The van der Waals surface area contributed by atoms with Crippen LogP contribution in [0.15, 0.2) is 36.4 Å². The molecule has 0 fully saturated rings. The summed E-state index contributed by atoms with van der Waals surface area (Å²) in [6.45, 7) is 0. The number of nitrogens with zero attached hydrogens (tertiary/aromatic N) is 1. The molecule has 2 aromatic rings. The lowest BCUT2D eigenvalue weighted by atomic mass is 10.0. The Bertz CT molecular complexity index is 511. The zero-order valence-electron chi connectivity index (χ0n) is 7.50. The van der Waals surface area contributed by atoms with Gasteiger partial charge in [-0.15, -0.1) is 0 Å². The van der Waals surface area contributed by atoms with Gasteiger partial charge in [0.05, 0.1) is 12.5 Å². The van der Waals surface area contributed by atoms with Crippen molar-refractivity contribution in [2.24, 2.45) is 0 Å². The van der Waals surface area contributed by atoms with Crippen LogP contribution >= 0.6 is 0 Å². The predicted molar refractivity (Wildman–Crippen MR) is 53.2 cm³/mol. The molecular weight excluding hydrogens is 177 g/mol. The van der Waals surface area contributed by atoms with Crippen LogP contribution in [0.3, 0.4) is 0 Å². The van der Waals surface area contributed by atoms with Gasteiger partial charge >= 0.3 is 0 Å². The molecule has 0 saturated carbocycles. The molecule has 2 heteroatoms. The third-order valence-electron chi connectivity index (χ3n) is 2.24. The van der Waals surface area contributed by atoms with Gasteiger partial charge < -0.3 is 0 Å². The van der Waals surface area contributed by atoms with Crippen LogP contribution in [-0.2, 0) is 6.42 Å². The molecule has 14 heavy (non-hydrogen) atoms. The van der Waals surface area contributed by atoms with Crippen LogP contribution in [0.2, 0.25) is 0 Å². The average Bonchev–Trinajstić information content (AvgIpc) is 2.23. The Morgan fingerprint density at radius 3 is 2.71 bits per heavy atom. The minimum Gasteiger partial charge on any atom is -0.207 e. The van der Waals surface area contributed by atoms with Gasteiger partial charge in [-0.25, -0.2) is 4.39 Å². The second kappa shape index (κ2) is 3.47. The summed E-state index contributed by atoms with van der Waals surface area (Å²) in [5.41, 5.74) is 0.491. The van der Waals surface area contributed by atoms with Crippen LogP contribution in [0, 0.1) is 17.1 Å². The summed E-state index contributed by atoms with van der Waals surface area (Å²) in [5.74, 6) is -0.301. The molecule has 0 atom stereocenters. The van der Waals surface area contributed by atoms with E-state index in [4.69, 9.17) is 5.26 Å². The Morgan fingerprint density at radius 2 is 1.93 bits per heavy atom. The molecule has 0 aliphatic rings. The molecule has 0 N–H and O–H groups in total. The van der Waals surface area contributed by atoms with Crippen molar-refractivity contribution in [3.05, 3.63) is 47.8 Å². The Balaban J connectivity index is 2.77. The highest BCUT2D eigenvalue weighted by Gasteiger charge is 2.05. The monoisotopic (exact) mass is 185 g/mol. The second-order valence-electron chi connectivity index (χ2n) is 3.08. The number of nitriles is 1. The molecular formula is C12H8FN. The van der Waals surface area contributed by atoms with Crippen LogP contribution < -0.4 is 0 Å². The smallest absolute Gasteiger partial charge is 0.128 e. The van der Waals surface area contributed by atoms with Gasteiger partial charge in [-0.2, -0.15) is 5.26 Å². The molecule has 0 unspecified atom stereocenters. The molecule has 0 aliphatic heterocycles. The minimum atomic E-state index is -0.301. The minimum absolute atomic E-state index is 0.118. The number of benzene rings is 2. The van der Waals surface area contributed by atoms with Gasteiger partial charge in [0, 0.05) is 5.56 Å². The van der Waals surface area contributed by atoms with Crippen LogP contribution in [0.4, 0.5) is 4.39 Å². The van der Waals surface area contributed by atoms with Gasteiger partial charge in [-0.3, -0.25) is 0 Å². The third kappa shape index (κ3) is 1.33. The fourth-order valence-corrected chi connectivity index (χ4v) is 1.57. The van der Waals surface area contributed by atoms with Crippen LogP contribution in [0.5, 0.6) is 0 Å². The van der Waals surface area contributed by atoms with E-state index in [2.05, 4.69) is 0 Å². The quantitative estimate of drug-likeness (QED) is 0.669.